The van der Waals surface area contributed by atoms with Gasteiger partial charge < -0.3 is 20.2 Å². The molecule has 7 nitrogen and oxygen atoms in total. The topological polar surface area (TPSA) is 85.8 Å². The van der Waals surface area contributed by atoms with Gasteiger partial charge in [0.2, 0.25) is 0 Å². The number of urea groups is 1. The minimum Gasteiger partial charge on any atom is -0.476 e. The Morgan fingerprint density at radius 3 is 2.65 bits per heavy atom. The van der Waals surface area contributed by atoms with Crippen LogP contribution in [0.25, 0.3) is 0 Å². The summed E-state index contributed by atoms with van der Waals surface area (Å²) in [6, 6.07) is -0.118. The number of carboxylic acids is 1. The molecule has 0 spiro atoms. The van der Waals surface area contributed by atoms with E-state index >= 15 is 0 Å². The summed E-state index contributed by atoms with van der Waals surface area (Å²) < 4.78 is 0. The van der Waals surface area contributed by atoms with Crippen LogP contribution >= 0.6 is 11.3 Å². The van der Waals surface area contributed by atoms with Gasteiger partial charge in [0.25, 0.3) is 0 Å². The van der Waals surface area contributed by atoms with E-state index < -0.39 is 5.97 Å². The second-order valence-electron chi connectivity index (χ2n) is 4.51. The molecule has 1 aliphatic heterocycles. The van der Waals surface area contributed by atoms with Crippen LogP contribution in [0.2, 0.25) is 0 Å². The Hall–Kier alpha value is -1.67. The third-order valence-electron chi connectivity index (χ3n) is 3.27. The van der Waals surface area contributed by atoms with E-state index in [9.17, 15) is 9.59 Å². The van der Waals surface area contributed by atoms with E-state index in [2.05, 4.69) is 22.1 Å². The van der Waals surface area contributed by atoms with Crippen molar-refractivity contribution in [1.29, 1.82) is 0 Å². The minimum atomic E-state index is -1.05. The largest absolute Gasteiger partial charge is 0.476 e. The number of rotatable bonds is 4. The van der Waals surface area contributed by atoms with Gasteiger partial charge in [0, 0.05) is 31.6 Å². The van der Waals surface area contributed by atoms with Gasteiger partial charge in [0.1, 0.15) is 5.01 Å². The number of nitrogens with zero attached hydrogens (tertiary/aromatic N) is 3. The highest BCUT2D eigenvalue weighted by Crippen LogP contribution is 2.09. The third kappa shape index (κ3) is 3.67. The molecule has 0 unspecified atom stereocenters. The average molecular weight is 298 g/mol. The number of likely N-dealkylation sites (N-methyl/N-ethyl adjacent to an activating group) is 1. The second kappa shape index (κ2) is 6.67. The van der Waals surface area contributed by atoms with E-state index in [1.54, 1.807) is 4.90 Å². The maximum atomic E-state index is 12.0. The van der Waals surface area contributed by atoms with Crippen molar-refractivity contribution in [3.05, 3.63) is 16.1 Å². The van der Waals surface area contributed by atoms with Gasteiger partial charge in [-0.1, -0.05) is 6.92 Å². The van der Waals surface area contributed by atoms with Gasteiger partial charge in [-0.3, -0.25) is 0 Å². The Morgan fingerprint density at radius 1 is 1.40 bits per heavy atom. The van der Waals surface area contributed by atoms with Crippen LogP contribution in [0.3, 0.4) is 0 Å². The molecular weight excluding hydrogens is 280 g/mol. The lowest BCUT2D eigenvalue weighted by Crippen LogP contribution is -2.51. The van der Waals surface area contributed by atoms with Crippen molar-refractivity contribution in [2.75, 3.05) is 32.7 Å². The molecule has 0 aromatic carbocycles. The fraction of sp³-hybridized carbons (Fsp3) is 0.583. The van der Waals surface area contributed by atoms with Gasteiger partial charge in [-0.15, -0.1) is 11.3 Å². The molecule has 0 aliphatic carbocycles. The maximum Gasteiger partial charge on any atom is 0.355 e. The van der Waals surface area contributed by atoms with E-state index in [0.29, 0.717) is 5.01 Å². The zero-order valence-electron chi connectivity index (χ0n) is 11.3. The average Bonchev–Trinajstić information content (AvgIpc) is 2.94. The van der Waals surface area contributed by atoms with E-state index in [1.165, 1.54) is 16.7 Å². The van der Waals surface area contributed by atoms with Crippen molar-refractivity contribution in [3.8, 4) is 0 Å². The fourth-order valence-corrected chi connectivity index (χ4v) is 2.73. The first-order chi connectivity index (χ1) is 9.60. The fourth-order valence-electron chi connectivity index (χ4n) is 2.02. The van der Waals surface area contributed by atoms with Crippen LogP contribution in [-0.4, -0.2) is 64.6 Å². The van der Waals surface area contributed by atoms with Crippen LogP contribution in [0.4, 0.5) is 4.79 Å². The van der Waals surface area contributed by atoms with Gasteiger partial charge in [-0.05, 0) is 6.54 Å². The lowest BCUT2D eigenvalue weighted by atomic mass is 10.3. The van der Waals surface area contributed by atoms with Crippen LogP contribution in [0.5, 0.6) is 0 Å². The Kier molecular flexibility index (Phi) is 4.91. The molecule has 2 amide bonds. The maximum absolute atomic E-state index is 12.0. The number of hydrogen-bond donors (Lipinski definition) is 2. The monoisotopic (exact) mass is 298 g/mol. The van der Waals surface area contributed by atoms with Crippen molar-refractivity contribution < 1.29 is 14.7 Å². The number of aromatic carboxylic acids is 1. The number of amides is 2. The molecule has 1 saturated heterocycles. The molecule has 1 fully saturated rings. The smallest absolute Gasteiger partial charge is 0.355 e. The summed E-state index contributed by atoms with van der Waals surface area (Å²) in [5.74, 6) is -1.05. The molecular formula is C12H18N4O3S. The highest BCUT2D eigenvalue weighted by atomic mass is 32.1. The number of carboxylic acid groups (broad SMARTS) is 1. The molecule has 1 aromatic heterocycles. The standard InChI is InChI=1S/C12H18N4O3S/c1-2-15-3-5-16(6-4-15)12(19)13-7-10-14-9(8-20-10)11(17)18/h8H,2-7H2,1H3,(H,13,19)(H,17,18). The summed E-state index contributed by atoms with van der Waals surface area (Å²) in [7, 11) is 0. The molecule has 2 N–H and O–H groups in total. The molecule has 0 atom stereocenters. The third-order valence-corrected chi connectivity index (χ3v) is 4.12. The SMILES string of the molecule is CCN1CCN(C(=O)NCc2nc(C(=O)O)cs2)CC1. The number of nitrogens with one attached hydrogen (secondary N) is 1. The molecule has 20 heavy (non-hydrogen) atoms. The number of carbonyl (C=O) groups excluding carboxylic acids is 1. The first-order valence-corrected chi connectivity index (χ1v) is 7.41. The quantitative estimate of drug-likeness (QED) is 0.854. The molecule has 2 rings (SSSR count). The van der Waals surface area contributed by atoms with E-state index in [1.807, 2.05) is 0 Å². The molecule has 2 heterocycles. The Labute approximate surface area is 121 Å². The van der Waals surface area contributed by atoms with Crippen LogP contribution in [-0.2, 0) is 6.54 Å². The van der Waals surface area contributed by atoms with Crippen molar-refractivity contribution in [2.24, 2.45) is 0 Å². The predicted molar refractivity (Wildman–Crippen MR) is 75.0 cm³/mol. The molecule has 8 heteroatoms. The summed E-state index contributed by atoms with van der Waals surface area (Å²) in [6.45, 7) is 6.61. The van der Waals surface area contributed by atoms with Crippen LogP contribution in [0.1, 0.15) is 22.4 Å². The number of hydrogen-bond acceptors (Lipinski definition) is 5. The van der Waals surface area contributed by atoms with Gasteiger partial charge in [-0.2, -0.15) is 0 Å². The van der Waals surface area contributed by atoms with Crippen LogP contribution in [0.15, 0.2) is 5.38 Å². The zero-order valence-corrected chi connectivity index (χ0v) is 12.2. The lowest BCUT2D eigenvalue weighted by Gasteiger charge is -2.33. The molecule has 0 radical (unpaired) electrons. The molecule has 1 aliphatic rings. The highest BCUT2D eigenvalue weighted by Gasteiger charge is 2.20. The molecule has 0 bridgehead atoms. The van der Waals surface area contributed by atoms with Crippen molar-refractivity contribution in [3.63, 3.8) is 0 Å². The molecule has 0 saturated carbocycles. The lowest BCUT2D eigenvalue weighted by molar-refractivity contribution is 0.0691. The normalized spacial score (nSPS) is 16.1. The number of piperazine rings is 1. The highest BCUT2D eigenvalue weighted by molar-refractivity contribution is 7.09. The first kappa shape index (κ1) is 14.7. The molecule has 110 valence electrons. The van der Waals surface area contributed by atoms with Crippen molar-refractivity contribution in [1.82, 2.24) is 20.1 Å². The van der Waals surface area contributed by atoms with Crippen molar-refractivity contribution in [2.45, 2.75) is 13.5 Å². The van der Waals surface area contributed by atoms with Crippen molar-refractivity contribution >= 4 is 23.3 Å². The Bertz CT molecular complexity index is 483. The van der Waals surface area contributed by atoms with E-state index in [0.717, 1.165) is 32.7 Å². The van der Waals surface area contributed by atoms with E-state index in [4.69, 9.17) is 5.11 Å². The number of aromatic nitrogens is 1. The summed E-state index contributed by atoms with van der Waals surface area (Å²) in [4.78, 5) is 30.7. The molecule has 1 aromatic rings. The summed E-state index contributed by atoms with van der Waals surface area (Å²) >= 11 is 1.24. The minimum absolute atomic E-state index is 0.0239. The number of carbonyl (C=O) groups is 2. The predicted octanol–water partition coefficient (Wildman–Crippen LogP) is 0.688. The Balaban J connectivity index is 1.78. The van der Waals surface area contributed by atoms with Crippen LogP contribution < -0.4 is 5.32 Å². The Morgan fingerprint density at radius 2 is 2.10 bits per heavy atom. The summed E-state index contributed by atoms with van der Waals surface area (Å²) in [5, 5.41) is 13.6. The zero-order chi connectivity index (χ0) is 14.5. The number of thiazole rings is 1. The van der Waals surface area contributed by atoms with Crippen LogP contribution in [0, 0.1) is 0 Å². The van der Waals surface area contributed by atoms with Gasteiger partial charge in [0.05, 0.1) is 6.54 Å². The van der Waals surface area contributed by atoms with E-state index in [-0.39, 0.29) is 18.3 Å². The summed E-state index contributed by atoms with van der Waals surface area (Å²) in [5.41, 5.74) is 0.0239. The second-order valence-corrected chi connectivity index (χ2v) is 5.45. The van der Waals surface area contributed by atoms with Gasteiger partial charge in [-0.25, -0.2) is 14.6 Å². The summed E-state index contributed by atoms with van der Waals surface area (Å²) in [6.07, 6.45) is 0. The first-order valence-electron chi connectivity index (χ1n) is 6.53. The van der Waals surface area contributed by atoms with Gasteiger partial charge >= 0.3 is 12.0 Å². The van der Waals surface area contributed by atoms with Gasteiger partial charge in [0.15, 0.2) is 5.69 Å².